The third-order valence-electron chi connectivity index (χ3n) is 5.16. The molecule has 2 N–H and O–H groups in total. The van der Waals surface area contributed by atoms with E-state index in [-0.39, 0.29) is 0 Å². The van der Waals surface area contributed by atoms with Crippen molar-refractivity contribution >= 4 is 28.4 Å². The molecule has 1 saturated heterocycles. The summed E-state index contributed by atoms with van der Waals surface area (Å²) >= 11 is 0. The number of anilines is 1. The van der Waals surface area contributed by atoms with Gasteiger partial charge in [0, 0.05) is 35.1 Å². The van der Waals surface area contributed by atoms with Gasteiger partial charge in [-0.2, -0.15) is 4.98 Å². The Labute approximate surface area is 191 Å². The second-order valence-electron chi connectivity index (χ2n) is 9.47. The summed E-state index contributed by atoms with van der Waals surface area (Å²) in [5.41, 5.74) is 5.57. The Kier molecular flexibility index (Phi) is 7.96. The van der Waals surface area contributed by atoms with Crippen molar-refractivity contribution in [2.24, 2.45) is 10.9 Å². The summed E-state index contributed by atoms with van der Waals surface area (Å²) in [5.74, 6) is 1.52. The van der Waals surface area contributed by atoms with Gasteiger partial charge < -0.3 is 15.2 Å². The molecule has 1 aliphatic rings. The van der Waals surface area contributed by atoms with Gasteiger partial charge in [0.25, 0.3) is 0 Å². The maximum atomic E-state index is 4.74. The zero-order valence-corrected chi connectivity index (χ0v) is 20.5. The molecule has 3 aromatic heterocycles. The quantitative estimate of drug-likeness (QED) is 0.521. The molecule has 0 radical (unpaired) electrons. The van der Waals surface area contributed by atoms with Crippen LogP contribution in [-0.2, 0) is 0 Å². The first-order valence-electron chi connectivity index (χ1n) is 11.5. The molecule has 1 aliphatic heterocycles. The van der Waals surface area contributed by atoms with Crippen LogP contribution in [0.1, 0.15) is 53.2 Å². The number of aryl methyl sites for hydroxylation is 1. The van der Waals surface area contributed by atoms with E-state index in [1.165, 1.54) is 0 Å². The molecular weight excluding hydrogens is 398 g/mol. The highest BCUT2D eigenvalue weighted by atomic mass is 15.2. The van der Waals surface area contributed by atoms with E-state index in [2.05, 4.69) is 58.0 Å². The highest BCUT2D eigenvalue weighted by Gasteiger charge is 2.18. The summed E-state index contributed by atoms with van der Waals surface area (Å²) in [4.78, 5) is 24.1. The maximum Gasteiger partial charge on any atom is 0.224 e. The topological polar surface area (TPSA) is 82.1 Å². The highest BCUT2D eigenvalue weighted by molar-refractivity contribution is 5.92. The molecule has 0 unspecified atom stereocenters. The minimum atomic E-state index is 0.433. The lowest BCUT2D eigenvalue weighted by Crippen LogP contribution is -2.37. The number of rotatable bonds is 4. The first kappa shape index (κ1) is 23.9. The maximum absolute atomic E-state index is 4.74. The Balaban J connectivity index is 0.000000668. The molecule has 3 aromatic rings. The van der Waals surface area contributed by atoms with E-state index in [1.807, 2.05) is 45.3 Å². The van der Waals surface area contributed by atoms with Gasteiger partial charge in [0.2, 0.25) is 5.95 Å². The fourth-order valence-corrected chi connectivity index (χ4v) is 3.59. The lowest BCUT2D eigenvalue weighted by molar-refractivity contribution is 0.263. The molecule has 0 spiro atoms. The van der Waals surface area contributed by atoms with Crippen LogP contribution in [0.3, 0.4) is 0 Å². The zero-order valence-electron chi connectivity index (χ0n) is 20.5. The van der Waals surface area contributed by atoms with E-state index in [0.717, 1.165) is 71.2 Å². The van der Waals surface area contributed by atoms with Crippen LogP contribution in [0.5, 0.6) is 0 Å². The molecule has 4 heterocycles. The SMILES string of the molecule is CC(C)=Nc1ccc(-c2c[nH]c3nc(NC4CCN(C)CC4)ncc23)nc1C.CC(C)C. The fraction of sp³-hybridized carbons (Fsp3) is 0.520. The van der Waals surface area contributed by atoms with Crippen LogP contribution in [0.25, 0.3) is 22.3 Å². The predicted molar refractivity (Wildman–Crippen MR) is 135 cm³/mol. The minimum Gasteiger partial charge on any atom is -0.351 e. The Morgan fingerprint density at radius 2 is 1.84 bits per heavy atom. The van der Waals surface area contributed by atoms with Crippen LogP contribution in [0, 0.1) is 12.8 Å². The minimum absolute atomic E-state index is 0.433. The number of aromatic nitrogens is 4. The summed E-state index contributed by atoms with van der Waals surface area (Å²) in [7, 11) is 2.16. The fourth-order valence-electron chi connectivity index (χ4n) is 3.59. The summed E-state index contributed by atoms with van der Waals surface area (Å²) in [6.07, 6.45) is 6.06. The Morgan fingerprint density at radius 1 is 1.16 bits per heavy atom. The Morgan fingerprint density at radius 3 is 2.47 bits per heavy atom. The number of H-pyrrole nitrogens is 1. The van der Waals surface area contributed by atoms with E-state index in [1.54, 1.807) is 0 Å². The van der Waals surface area contributed by atoms with E-state index in [9.17, 15) is 0 Å². The highest BCUT2D eigenvalue weighted by Crippen LogP contribution is 2.29. The lowest BCUT2D eigenvalue weighted by atomic mass is 10.1. The van der Waals surface area contributed by atoms with Crippen molar-refractivity contribution in [1.82, 2.24) is 24.8 Å². The van der Waals surface area contributed by atoms with Crippen LogP contribution < -0.4 is 5.32 Å². The van der Waals surface area contributed by atoms with Crippen molar-refractivity contribution < 1.29 is 0 Å². The average Bonchev–Trinajstić information content (AvgIpc) is 3.14. The normalized spacial score (nSPS) is 14.9. The van der Waals surface area contributed by atoms with Gasteiger partial charge in [-0.1, -0.05) is 20.8 Å². The van der Waals surface area contributed by atoms with Crippen LogP contribution in [0.2, 0.25) is 0 Å². The van der Waals surface area contributed by atoms with Gasteiger partial charge in [-0.3, -0.25) is 9.98 Å². The number of fused-ring (bicyclic) bond motifs is 1. The molecule has 4 rings (SSSR count). The largest absolute Gasteiger partial charge is 0.351 e. The number of nitrogens with zero attached hydrogens (tertiary/aromatic N) is 5. The molecule has 0 saturated carbocycles. The van der Waals surface area contributed by atoms with Crippen LogP contribution >= 0.6 is 0 Å². The van der Waals surface area contributed by atoms with Crippen LogP contribution in [0.15, 0.2) is 29.5 Å². The molecule has 0 amide bonds. The van der Waals surface area contributed by atoms with Gasteiger partial charge in [0.15, 0.2) is 0 Å². The second-order valence-corrected chi connectivity index (χ2v) is 9.47. The summed E-state index contributed by atoms with van der Waals surface area (Å²) < 4.78 is 0. The third-order valence-corrected chi connectivity index (χ3v) is 5.16. The number of pyridine rings is 1. The third kappa shape index (κ3) is 6.36. The molecule has 172 valence electrons. The van der Waals surface area contributed by atoms with Gasteiger partial charge in [-0.05, 0) is 71.8 Å². The number of nitrogens with one attached hydrogen (secondary N) is 2. The zero-order chi connectivity index (χ0) is 23.3. The number of piperidine rings is 1. The van der Waals surface area contributed by atoms with Crippen molar-refractivity contribution in [3.05, 3.63) is 30.2 Å². The number of hydrogen-bond donors (Lipinski definition) is 2. The molecule has 0 aromatic carbocycles. The van der Waals surface area contributed by atoms with Gasteiger partial charge >= 0.3 is 0 Å². The molecule has 32 heavy (non-hydrogen) atoms. The van der Waals surface area contributed by atoms with Gasteiger partial charge in [-0.15, -0.1) is 0 Å². The van der Waals surface area contributed by atoms with E-state index < -0.39 is 0 Å². The van der Waals surface area contributed by atoms with E-state index in [4.69, 9.17) is 4.98 Å². The summed E-state index contributed by atoms with van der Waals surface area (Å²) in [6.45, 7) is 14.7. The molecule has 7 heteroatoms. The second kappa shape index (κ2) is 10.7. The van der Waals surface area contributed by atoms with Crippen LogP contribution in [-0.4, -0.2) is 56.7 Å². The first-order chi connectivity index (χ1) is 15.2. The Bertz CT molecular complexity index is 1050. The van der Waals surface area contributed by atoms with Gasteiger partial charge in [0.05, 0.1) is 17.1 Å². The lowest BCUT2D eigenvalue weighted by Gasteiger charge is -2.29. The average molecular weight is 436 g/mol. The van der Waals surface area contributed by atoms with E-state index >= 15 is 0 Å². The smallest absolute Gasteiger partial charge is 0.224 e. The molecule has 0 aliphatic carbocycles. The van der Waals surface area contributed by atoms with Crippen molar-refractivity contribution in [2.75, 3.05) is 25.5 Å². The van der Waals surface area contributed by atoms with Crippen molar-refractivity contribution in [1.29, 1.82) is 0 Å². The first-order valence-corrected chi connectivity index (χ1v) is 11.5. The number of aromatic amines is 1. The van der Waals surface area contributed by atoms with Crippen molar-refractivity contribution in [2.45, 2.75) is 60.4 Å². The number of likely N-dealkylation sites (tertiary alicyclic amines) is 1. The number of hydrogen-bond acceptors (Lipinski definition) is 6. The van der Waals surface area contributed by atoms with Crippen molar-refractivity contribution in [3.63, 3.8) is 0 Å². The number of aliphatic imine (C=N–C) groups is 1. The standard InChI is InChI=1S/C21H27N7.C4H10/c1-13(2)24-18-5-6-19(25-14(18)3)16-11-22-20-17(16)12-23-21(27-20)26-15-7-9-28(4)10-8-15;1-4(2)3/h5-6,11-12,15H,7-10H2,1-4H3,(H2,22,23,26,27);4H,1-3H3. The predicted octanol–water partition coefficient (Wildman–Crippen LogP) is 5.61. The summed E-state index contributed by atoms with van der Waals surface area (Å²) in [5, 5.41) is 4.45. The van der Waals surface area contributed by atoms with E-state index in [0.29, 0.717) is 12.0 Å². The summed E-state index contributed by atoms with van der Waals surface area (Å²) in [6, 6.07) is 4.45. The van der Waals surface area contributed by atoms with Crippen molar-refractivity contribution in [3.8, 4) is 11.3 Å². The Hall–Kier alpha value is -2.80. The monoisotopic (exact) mass is 435 g/mol. The molecular formula is C25H37N7. The van der Waals surface area contributed by atoms with Gasteiger partial charge in [-0.25, -0.2) is 4.98 Å². The molecule has 0 atom stereocenters. The van der Waals surface area contributed by atoms with Gasteiger partial charge in [0.1, 0.15) is 5.65 Å². The molecule has 7 nitrogen and oxygen atoms in total. The molecule has 1 fully saturated rings. The molecule has 0 bridgehead atoms. The van der Waals surface area contributed by atoms with Crippen LogP contribution in [0.4, 0.5) is 11.6 Å².